The molecule has 1 heterocycles. The van der Waals surface area contributed by atoms with Crippen LogP contribution in [0.3, 0.4) is 0 Å². The van der Waals surface area contributed by atoms with E-state index in [1.807, 2.05) is 11.9 Å². The molecule has 0 spiro atoms. The normalized spacial score (nSPS) is 23.5. The van der Waals surface area contributed by atoms with Crippen LogP contribution in [0.15, 0.2) is 0 Å². The molecule has 2 rings (SSSR count). The number of likely N-dealkylation sites (tertiary alicyclic amines) is 1. The van der Waals surface area contributed by atoms with Crippen LogP contribution < -0.4 is 0 Å². The molecule has 0 aromatic rings. The van der Waals surface area contributed by atoms with E-state index in [2.05, 4.69) is 0 Å². The maximum absolute atomic E-state index is 12.0. The van der Waals surface area contributed by atoms with E-state index in [9.17, 15) is 9.59 Å². The summed E-state index contributed by atoms with van der Waals surface area (Å²) in [7, 11) is 1.82. The average molecular weight is 291 g/mol. The van der Waals surface area contributed by atoms with Gasteiger partial charge in [0.05, 0.1) is 6.54 Å². The number of likely N-dealkylation sites (N-methyl/N-ethyl adjacent to an activating group) is 1. The standard InChI is InChI=1S/C13H22N2O3.ClH/c1-14(8-10-5-6-10)12(16)9-15-7-3-2-4-11(15)13(17)18;/h10-11H,2-9H2,1H3,(H,17,18);1H. The van der Waals surface area contributed by atoms with Crippen molar-refractivity contribution in [2.75, 3.05) is 26.7 Å². The SMILES string of the molecule is CN(CC1CC1)C(=O)CN1CCCCC1C(=O)O.Cl. The highest BCUT2D eigenvalue weighted by molar-refractivity contribution is 5.85. The second-order valence-corrected chi connectivity index (χ2v) is 5.54. The van der Waals surface area contributed by atoms with Crippen LogP contribution >= 0.6 is 12.4 Å². The molecule has 1 unspecified atom stereocenters. The lowest BCUT2D eigenvalue weighted by Crippen LogP contribution is -2.49. The molecule has 0 bridgehead atoms. The second-order valence-electron chi connectivity index (χ2n) is 5.54. The number of nitrogens with zero attached hydrogens (tertiary/aromatic N) is 2. The van der Waals surface area contributed by atoms with Crippen LogP contribution in [0.1, 0.15) is 32.1 Å². The Morgan fingerprint density at radius 3 is 2.53 bits per heavy atom. The lowest BCUT2D eigenvalue weighted by molar-refractivity contribution is -0.146. The summed E-state index contributed by atoms with van der Waals surface area (Å²) >= 11 is 0. The molecular weight excluding hydrogens is 268 g/mol. The Kier molecular flexibility index (Phi) is 6.07. The van der Waals surface area contributed by atoms with Gasteiger partial charge >= 0.3 is 5.97 Å². The number of hydrogen-bond acceptors (Lipinski definition) is 3. The Labute approximate surface area is 120 Å². The third kappa shape index (κ3) is 4.66. The van der Waals surface area contributed by atoms with Crippen molar-refractivity contribution >= 4 is 24.3 Å². The van der Waals surface area contributed by atoms with Gasteiger partial charge in [0, 0.05) is 13.6 Å². The molecule has 1 N–H and O–H groups in total. The van der Waals surface area contributed by atoms with Gasteiger partial charge in [0.15, 0.2) is 0 Å². The summed E-state index contributed by atoms with van der Waals surface area (Å²) in [5.74, 6) is -0.0713. The van der Waals surface area contributed by atoms with E-state index >= 15 is 0 Å². The van der Waals surface area contributed by atoms with Crippen molar-refractivity contribution in [3.8, 4) is 0 Å². The zero-order chi connectivity index (χ0) is 13.1. The van der Waals surface area contributed by atoms with Gasteiger partial charge < -0.3 is 10.0 Å². The van der Waals surface area contributed by atoms with Crippen molar-refractivity contribution < 1.29 is 14.7 Å². The van der Waals surface area contributed by atoms with E-state index in [1.165, 1.54) is 12.8 Å². The molecule has 0 aromatic carbocycles. The Morgan fingerprint density at radius 2 is 1.95 bits per heavy atom. The molecule has 1 saturated carbocycles. The number of hydrogen-bond donors (Lipinski definition) is 1. The molecule has 19 heavy (non-hydrogen) atoms. The fourth-order valence-corrected chi connectivity index (χ4v) is 2.54. The van der Waals surface area contributed by atoms with Gasteiger partial charge in [0.1, 0.15) is 6.04 Å². The van der Waals surface area contributed by atoms with Gasteiger partial charge in [0.2, 0.25) is 5.91 Å². The largest absolute Gasteiger partial charge is 0.480 e. The molecule has 2 fully saturated rings. The minimum absolute atomic E-state index is 0. The number of carbonyl (C=O) groups is 2. The average Bonchev–Trinajstić information content (AvgIpc) is 3.13. The van der Waals surface area contributed by atoms with Gasteiger partial charge in [-0.3, -0.25) is 14.5 Å². The Balaban J connectivity index is 0.00000180. The predicted octanol–water partition coefficient (Wildman–Crippen LogP) is 1.22. The first-order valence-electron chi connectivity index (χ1n) is 6.78. The third-order valence-corrected chi connectivity index (χ3v) is 3.89. The minimum Gasteiger partial charge on any atom is -0.480 e. The maximum Gasteiger partial charge on any atom is 0.320 e. The summed E-state index contributed by atoms with van der Waals surface area (Å²) in [5.41, 5.74) is 0. The van der Waals surface area contributed by atoms with Crippen LogP contribution in [0.2, 0.25) is 0 Å². The maximum atomic E-state index is 12.0. The van der Waals surface area contributed by atoms with Crippen molar-refractivity contribution in [1.29, 1.82) is 0 Å². The number of aliphatic carboxylic acids is 1. The summed E-state index contributed by atoms with van der Waals surface area (Å²) in [6.45, 7) is 1.80. The first-order valence-corrected chi connectivity index (χ1v) is 6.78. The molecule has 1 amide bonds. The fraction of sp³-hybridized carbons (Fsp3) is 0.846. The van der Waals surface area contributed by atoms with Gasteiger partial charge in [-0.1, -0.05) is 6.42 Å². The van der Waals surface area contributed by atoms with Crippen molar-refractivity contribution in [2.45, 2.75) is 38.1 Å². The number of carboxylic acids is 1. The third-order valence-electron chi connectivity index (χ3n) is 3.89. The Bertz CT molecular complexity index is 334. The topological polar surface area (TPSA) is 60.9 Å². The number of carbonyl (C=O) groups excluding carboxylic acids is 1. The Morgan fingerprint density at radius 1 is 1.26 bits per heavy atom. The number of piperidine rings is 1. The summed E-state index contributed by atoms with van der Waals surface area (Å²) in [5, 5.41) is 9.15. The zero-order valence-corrected chi connectivity index (χ0v) is 12.2. The highest BCUT2D eigenvalue weighted by Gasteiger charge is 2.31. The van der Waals surface area contributed by atoms with E-state index in [0.717, 1.165) is 25.9 Å². The Hall–Kier alpha value is -0.810. The van der Waals surface area contributed by atoms with Crippen LogP contribution in [-0.4, -0.2) is 59.5 Å². The number of amides is 1. The van der Waals surface area contributed by atoms with E-state index in [0.29, 0.717) is 12.3 Å². The van der Waals surface area contributed by atoms with Crippen LogP contribution in [0.5, 0.6) is 0 Å². The summed E-state index contributed by atoms with van der Waals surface area (Å²) in [6.07, 6.45) is 5.04. The van der Waals surface area contributed by atoms with Gasteiger partial charge in [-0.05, 0) is 38.1 Å². The predicted molar refractivity (Wildman–Crippen MR) is 74.5 cm³/mol. The summed E-state index contributed by atoms with van der Waals surface area (Å²) in [4.78, 5) is 26.7. The molecule has 1 aliphatic carbocycles. The highest BCUT2D eigenvalue weighted by atomic mass is 35.5. The van der Waals surface area contributed by atoms with Crippen molar-refractivity contribution in [2.24, 2.45) is 5.92 Å². The molecule has 2 aliphatic rings. The number of halogens is 1. The lowest BCUT2D eigenvalue weighted by atomic mass is 10.0. The van der Waals surface area contributed by atoms with E-state index in [1.54, 1.807) is 4.90 Å². The van der Waals surface area contributed by atoms with Crippen LogP contribution in [0.25, 0.3) is 0 Å². The fourth-order valence-electron chi connectivity index (χ4n) is 2.54. The van der Waals surface area contributed by atoms with Crippen LogP contribution in [0.4, 0.5) is 0 Å². The van der Waals surface area contributed by atoms with Gasteiger partial charge in [-0.2, -0.15) is 0 Å². The number of carboxylic acid groups (broad SMARTS) is 1. The molecule has 1 saturated heterocycles. The van der Waals surface area contributed by atoms with Crippen molar-refractivity contribution in [1.82, 2.24) is 9.80 Å². The first kappa shape index (κ1) is 16.2. The second kappa shape index (κ2) is 7.10. The molecule has 1 aliphatic heterocycles. The van der Waals surface area contributed by atoms with E-state index < -0.39 is 12.0 Å². The first-order chi connectivity index (χ1) is 8.58. The van der Waals surface area contributed by atoms with Crippen molar-refractivity contribution in [3.63, 3.8) is 0 Å². The van der Waals surface area contributed by atoms with Crippen molar-refractivity contribution in [3.05, 3.63) is 0 Å². The van der Waals surface area contributed by atoms with Gasteiger partial charge in [0.25, 0.3) is 0 Å². The van der Waals surface area contributed by atoms with Crippen LogP contribution in [0, 0.1) is 5.92 Å². The zero-order valence-electron chi connectivity index (χ0n) is 11.4. The molecular formula is C13H23ClN2O3. The van der Waals surface area contributed by atoms with E-state index in [-0.39, 0.29) is 24.9 Å². The van der Waals surface area contributed by atoms with Gasteiger partial charge in [-0.25, -0.2) is 0 Å². The molecule has 6 heteroatoms. The smallest absolute Gasteiger partial charge is 0.320 e. The molecule has 0 aromatic heterocycles. The number of rotatable bonds is 5. The summed E-state index contributed by atoms with van der Waals surface area (Å²) < 4.78 is 0. The molecule has 0 radical (unpaired) electrons. The highest BCUT2D eigenvalue weighted by Crippen LogP contribution is 2.29. The molecule has 5 nitrogen and oxygen atoms in total. The lowest BCUT2D eigenvalue weighted by Gasteiger charge is -2.33. The monoisotopic (exact) mass is 290 g/mol. The van der Waals surface area contributed by atoms with Gasteiger partial charge in [-0.15, -0.1) is 12.4 Å². The molecule has 110 valence electrons. The summed E-state index contributed by atoms with van der Waals surface area (Å²) in [6, 6.07) is -0.475. The van der Waals surface area contributed by atoms with E-state index in [4.69, 9.17) is 5.11 Å². The quantitative estimate of drug-likeness (QED) is 0.827. The molecule has 1 atom stereocenters. The van der Waals surface area contributed by atoms with Crippen LogP contribution in [-0.2, 0) is 9.59 Å². The minimum atomic E-state index is -0.799.